The van der Waals surface area contributed by atoms with E-state index >= 15 is 0 Å². The van der Waals surface area contributed by atoms with E-state index in [4.69, 9.17) is 4.74 Å². The van der Waals surface area contributed by atoms with Gasteiger partial charge < -0.3 is 19.6 Å². The first-order valence-electron chi connectivity index (χ1n) is 9.77. The van der Waals surface area contributed by atoms with E-state index in [0.717, 1.165) is 32.7 Å². The molecule has 0 unspecified atom stereocenters. The van der Waals surface area contributed by atoms with Gasteiger partial charge in [0.25, 0.3) is 0 Å². The van der Waals surface area contributed by atoms with E-state index in [1.54, 1.807) is 35.2 Å². The number of quaternary nitrogens is 2. The maximum absolute atomic E-state index is 14.0. The molecule has 0 aliphatic carbocycles. The minimum atomic E-state index is -0.411. The molecule has 2 aliphatic rings. The van der Waals surface area contributed by atoms with Crippen molar-refractivity contribution in [2.75, 3.05) is 32.7 Å². The Balaban J connectivity index is 1.60. The van der Waals surface area contributed by atoms with Gasteiger partial charge in [-0.15, -0.1) is 0 Å². The number of benzene rings is 2. The van der Waals surface area contributed by atoms with Crippen molar-refractivity contribution in [1.82, 2.24) is 0 Å². The summed E-state index contributed by atoms with van der Waals surface area (Å²) in [6, 6.07) is 9.38. The zero-order chi connectivity index (χ0) is 19.7. The predicted octanol–water partition coefficient (Wildman–Crippen LogP) is 0.451. The third-order valence-electron chi connectivity index (χ3n) is 5.70. The van der Waals surface area contributed by atoms with E-state index in [1.807, 2.05) is 0 Å². The SMILES string of the molecule is CC[NH+]1CC[NH+](Cc2c(O)ccc3c2O/C(=C\c2ccccc2F)C3=O)CC1. The van der Waals surface area contributed by atoms with Crippen LogP contribution in [0, 0.1) is 5.82 Å². The molecule has 0 atom stereocenters. The lowest BCUT2D eigenvalue weighted by Gasteiger charge is -2.29. The molecule has 3 N–H and O–H groups in total. The number of aromatic hydroxyl groups is 1. The predicted molar refractivity (Wildman–Crippen MR) is 103 cm³/mol. The van der Waals surface area contributed by atoms with E-state index in [1.165, 1.54) is 17.0 Å². The lowest BCUT2D eigenvalue weighted by atomic mass is 10.0. The number of allylic oxidation sites excluding steroid dienone is 1. The number of piperazine rings is 1. The highest BCUT2D eigenvalue weighted by Crippen LogP contribution is 2.39. The molecule has 146 valence electrons. The van der Waals surface area contributed by atoms with Crippen LogP contribution in [-0.4, -0.2) is 43.6 Å². The van der Waals surface area contributed by atoms with Crippen molar-refractivity contribution in [3.63, 3.8) is 0 Å². The molecule has 2 heterocycles. The number of halogens is 1. The van der Waals surface area contributed by atoms with Gasteiger partial charge in [0.1, 0.15) is 44.3 Å². The van der Waals surface area contributed by atoms with Crippen molar-refractivity contribution in [2.24, 2.45) is 0 Å². The van der Waals surface area contributed by atoms with Gasteiger partial charge in [0.15, 0.2) is 11.5 Å². The second-order valence-corrected chi connectivity index (χ2v) is 7.43. The number of phenolic OH excluding ortho intramolecular Hbond substituents is 1. The number of carbonyl (C=O) groups is 1. The first kappa shape index (κ1) is 18.7. The maximum Gasteiger partial charge on any atom is 0.231 e. The molecular formula is C22H25FN2O3+2. The average molecular weight is 384 g/mol. The lowest BCUT2D eigenvalue weighted by Crippen LogP contribution is -3.27. The summed E-state index contributed by atoms with van der Waals surface area (Å²) in [7, 11) is 0. The number of fused-ring (bicyclic) bond motifs is 1. The Morgan fingerprint density at radius 1 is 1.11 bits per heavy atom. The molecule has 6 heteroatoms. The fourth-order valence-corrected chi connectivity index (χ4v) is 3.94. The molecule has 0 radical (unpaired) electrons. The second kappa shape index (κ2) is 7.73. The van der Waals surface area contributed by atoms with Crippen molar-refractivity contribution < 1.29 is 28.8 Å². The minimum absolute atomic E-state index is 0.0854. The molecule has 4 rings (SSSR count). The molecule has 28 heavy (non-hydrogen) atoms. The van der Waals surface area contributed by atoms with Crippen LogP contribution in [0.15, 0.2) is 42.2 Å². The summed E-state index contributed by atoms with van der Waals surface area (Å²) in [5, 5.41) is 10.4. The van der Waals surface area contributed by atoms with Gasteiger partial charge in [-0.1, -0.05) is 18.2 Å². The third kappa shape index (κ3) is 3.53. The van der Waals surface area contributed by atoms with Crippen LogP contribution in [0.25, 0.3) is 6.08 Å². The molecule has 1 saturated heterocycles. The van der Waals surface area contributed by atoms with Crippen LogP contribution in [0.3, 0.4) is 0 Å². The van der Waals surface area contributed by atoms with Crippen molar-refractivity contribution in [2.45, 2.75) is 13.5 Å². The van der Waals surface area contributed by atoms with Gasteiger partial charge in [0.05, 0.1) is 17.7 Å². The molecule has 0 saturated carbocycles. The number of rotatable bonds is 4. The van der Waals surface area contributed by atoms with Gasteiger partial charge in [-0.2, -0.15) is 0 Å². The van der Waals surface area contributed by atoms with Gasteiger partial charge >= 0.3 is 0 Å². The van der Waals surface area contributed by atoms with E-state index in [0.29, 0.717) is 29.0 Å². The number of phenols is 1. The van der Waals surface area contributed by atoms with Crippen LogP contribution in [0.5, 0.6) is 11.5 Å². The zero-order valence-corrected chi connectivity index (χ0v) is 15.9. The van der Waals surface area contributed by atoms with Crippen LogP contribution >= 0.6 is 0 Å². The molecule has 5 nitrogen and oxygen atoms in total. The summed E-state index contributed by atoms with van der Waals surface area (Å²) in [5.74, 6) is -0.0649. The van der Waals surface area contributed by atoms with Crippen molar-refractivity contribution in [3.05, 3.63) is 64.7 Å². The fourth-order valence-electron chi connectivity index (χ4n) is 3.94. The Labute approximate surface area is 163 Å². The number of nitrogens with one attached hydrogen (secondary N) is 2. The third-order valence-corrected chi connectivity index (χ3v) is 5.70. The van der Waals surface area contributed by atoms with E-state index < -0.39 is 5.82 Å². The highest BCUT2D eigenvalue weighted by molar-refractivity contribution is 6.15. The molecule has 0 aromatic heterocycles. The number of carbonyl (C=O) groups excluding carboxylic acids is 1. The number of ketones is 1. The molecule has 2 aliphatic heterocycles. The standard InChI is InChI=1S/C22H23FN2O3/c1-2-24-9-11-25(12-10-24)14-17-19(26)8-7-16-21(27)20(28-22(16)17)13-15-5-3-4-6-18(15)23/h3-8,13,26H,2,9-12,14H2,1H3/p+2/b20-13-. The highest BCUT2D eigenvalue weighted by Gasteiger charge is 2.33. The summed E-state index contributed by atoms with van der Waals surface area (Å²) in [5.41, 5.74) is 1.37. The number of hydrogen-bond acceptors (Lipinski definition) is 3. The largest absolute Gasteiger partial charge is 0.507 e. The Bertz CT molecular complexity index is 933. The van der Waals surface area contributed by atoms with Gasteiger partial charge in [-0.25, -0.2) is 4.39 Å². The summed E-state index contributed by atoms with van der Waals surface area (Å²) >= 11 is 0. The Kier molecular flexibility index (Phi) is 5.15. The van der Waals surface area contributed by atoms with Gasteiger partial charge in [-0.3, -0.25) is 4.79 Å². The van der Waals surface area contributed by atoms with Crippen LogP contribution in [-0.2, 0) is 6.54 Å². The summed E-state index contributed by atoms with van der Waals surface area (Å²) in [4.78, 5) is 15.7. The smallest absolute Gasteiger partial charge is 0.231 e. The zero-order valence-electron chi connectivity index (χ0n) is 15.9. The summed E-state index contributed by atoms with van der Waals surface area (Å²) < 4.78 is 19.8. The second-order valence-electron chi connectivity index (χ2n) is 7.43. The summed E-state index contributed by atoms with van der Waals surface area (Å²) in [6.07, 6.45) is 1.43. The quantitative estimate of drug-likeness (QED) is 0.671. The molecule has 0 amide bonds. The normalized spacial score (nSPS) is 22.9. The summed E-state index contributed by atoms with van der Waals surface area (Å²) in [6.45, 7) is 8.14. The Morgan fingerprint density at radius 2 is 1.82 bits per heavy atom. The van der Waals surface area contributed by atoms with Crippen LogP contribution < -0.4 is 14.5 Å². The van der Waals surface area contributed by atoms with Gasteiger partial charge in [-0.05, 0) is 31.2 Å². The van der Waals surface area contributed by atoms with Crippen molar-refractivity contribution >= 4 is 11.9 Å². The monoisotopic (exact) mass is 384 g/mol. The topological polar surface area (TPSA) is 55.4 Å². The van der Waals surface area contributed by atoms with Crippen molar-refractivity contribution in [1.29, 1.82) is 0 Å². The van der Waals surface area contributed by atoms with Crippen molar-refractivity contribution in [3.8, 4) is 11.5 Å². The van der Waals surface area contributed by atoms with E-state index in [2.05, 4.69) is 6.92 Å². The highest BCUT2D eigenvalue weighted by atomic mass is 19.1. The first-order chi connectivity index (χ1) is 13.6. The van der Waals surface area contributed by atoms with Gasteiger partial charge in [0.2, 0.25) is 5.78 Å². The van der Waals surface area contributed by atoms with Crippen LogP contribution in [0.2, 0.25) is 0 Å². The molecule has 2 aromatic carbocycles. The van der Waals surface area contributed by atoms with Gasteiger partial charge in [0, 0.05) is 5.56 Å². The molecule has 0 bridgehead atoms. The molecule has 2 aromatic rings. The minimum Gasteiger partial charge on any atom is -0.507 e. The Morgan fingerprint density at radius 3 is 2.54 bits per heavy atom. The number of hydrogen-bond donors (Lipinski definition) is 3. The van der Waals surface area contributed by atoms with E-state index in [9.17, 15) is 14.3 Å². The number of Topliss-reactive ketones (excluding diaryl/α,β-unsaturated/α-hetero) is 1. The van der Waals surface area contributed by atoms with Crippen LogP contribution in [0.1, 0.15) is 28.4 Å². The number of likely N-dealkylation sites (N-methyl/N-ethyl adjacent to an activating group) is 1. The Hall–Kier alpha value is -2.70. The molecule has 1 fully saturated rings. The molecular weight excluding hydrogens is 359 g/mol. The fraction of sp³-hybridized carbons (Fsp3) is 0.318. The lowest BCUT2D eigenvalue weighted by molar-refractivity contribution is -1.02. The van der Waals surface area contributed by atoms with Crippen LogP contribution in [0.4, 0.5) is 4.39 Å². The molecule has 0 spiro atoms. The van der Waals surface area contributed by atoms with E-state index in [-0.39, 0.29) is 17.3 Å². The maximum atomic E-state index is 14.0. The first-order valence-corrected chi connectivity index (χ1v) is 9.77. The average Bonchev–Trinajstić information content (AvgIpc) is 3.02. The number of ether oxygens (including phenoxy) is 1.